The van der Waals surface area contributed by atoms with Crippen LogP contribution in [0.1, 0.15) is 32.8 Å². The minimum absolute atomic E-state index is 0.247. The number of hydrogen-bond acceptors (Lipinski definition) is 2. The Hall–Kier alpha value is -1.61. The van der Waals surface area contributed by atoms with Gasteiger partial charge in [-0.1, -0.05) is 43.7 Å². The van der Waals surface area contributed by atoms with E-state index in [1.165, 1.54) is 5.56 Å². The van der Waals surface area contributed by atoms with E-state index in [0.29, 0.717) is 12.2 Å². The minimum Gasteiger partial charge on any atom is -0.462 e. The zero-order valence-electron chi connectivity index (χ0n) is 12.9. The molecular weight excluding hydrogens is 286 g/mol. The van der Waals surface area contributed by atoms with Crippen molar-refractivity contribution in [2.75, 3.05) is 13.2 Å². The van der Waals surface area contributed by atoms with Crippen LogP contribution in [0.2, 0.25) is 5.02 Å². The number of ether oxygens (including phenoxy) is 1. The lowest BCUT2D eigenvalue weighted by Gasteiger charge is -2.09. The Labute approximate surface area is 131 Å². The first kappa shape index (κ1) is 17.4. The largest absolute Gasteiger partial charge is 0.462 e. The van der Waals surface area contributed by atoms with Gasteiger partial charge < -0.3 is 4.74 Å². The number of carbonyl (C=O) groups excluding carboxylic acids is 1. The molecule has 1 aromatic rings. The molecule has 2 rings (SSSR count). The predicted octanol–water partition coefficient (Wildman–Crippen LogP) is 3.84. The van der Waals surface area contributed by atoms with Gasteiger partial charge in [0.05, 0.1) is 6.61 Å². The molecule has 0 atom stereocenters. The molecule has 0 fully saturated rings. The van der Waals surface area contributed by atoms with Gasteiger partial charge in [-0.25, -0.2) is 9.37 Å². The van der Waals surface area contributed by atoms with Crippen molar-refractivity contribution in [2.24, 2.45) is 0 Å². The van der Waals surface area contributed by atoms with Crippen LogP contribution in [0, 0.1) is 0 Å². The van der Waals surface area contributed by atoms with Crippen LogP contribution in [0.25, 0.3) is 0 Å². The third kappa shape index (κ3) is 5.72. The average Bonchev–Trinajstić information content (AvgIpc) is 2.52. The molecule has 21 heavy (non-hydrogen) atoms. The summed E-state index contributed by atoms with van der Waals surface area (Å²) >= 11 is 5.86. The fourth-order valence-electron chi connectivity index (χ4n) is 2.00. The maximum absolute atomic E-state index is 11.7. The Morgan fingerprint density at radius 2 is 1.95 bits per heavy atom. The van der Waals surface area contributed by atoms with Crippen molar-refractivity contribution in [2.45, 2.75) is 33.7 Å². The first-order chi connectivity index (χ1) is 10.2. The normalized spacial score (nSPS) is 13.5. The van der Waals surface area contributed by atoms with Gasteiger partial charge in [-0.05, 0) is 19.1 Å². The van der Waals surface area contributed by atoms with Gasteiger partial charge in [-0.3, -0.25) is 0 Å². The van der Waals surface area contributed by atoms with Crippen molar-refractivity contribution >= 4 is 23.8 Å². The maximum atomic E-state index is 11.7. The summed E-state index contributed by atoms with van der Waals surface area (Å²) in [6.45, 7) is 7.90. The van der Waals surface area contributed by atoms with E-state index in [1.807, 2.05) is 57.3 Å². The summed E-state index contributed by atoms with van der Waals surface area (Å²) in [7, 11) is 0. The molecule has 1 aliphatic heterocycles. The van der Waals surface area contributed by atoms with Gasteiger partial charge in [0, 0.05) is 17.0 Å². The highest BCUT2D eigenvalue weighted by Crippen LogP contribution is 2.12. The van der Waals surface area contributed by atoms with Gasteiger partial charge >= 0.3 is 5.97 Å². The highest BCUT2D eigenvalue weighted by atomic mass is 35.5. The topological polar surface area (TPSA) is 29.3 Å². The van der Waals surface area contributed by atoms with Crippen LogP contribution in [0.3, 0.4) is 0 Å². The smallest absolute Gasteiger partial charge is 0.343 e. The molecule has 4 heteroatoms. The first-order valence-corrected chi connectivity index (χ1v) is 7.77. The van der Waals surface area contributed by atoms with Crippen LogP contribution in [0.15, 0.2) is 35.9 Å². The van der Waals surface area contributed by atoms with Crippen molar-refractivity contribution in [1.29, 1.82) is 0 Å². The molecule has 0 bridgehead atoms. The standard InChI is InChI=1S/C15H17ClNO2.C2H6/c1-2-19-15(18)13-4-3-9-17(11-13)10-12-5-7-14(16)8-6-12;1-2/h4-8,11H,2-3,9-10H2,1H3;1-2H3/q+1;. The molecule has 0 spiro atoms. The Morgan fingerprint density at radius 3 is 2.57 bits per heavy atom. The number of nitrogens with zero attached hydrogens (tertiary/aromatic N) is 1. The summed E-state index contributed by atoms with van der Waals surface area (Å²) in [6, 6.07) is 7.75. The zero-order chi connectivity index (χ0) is 15.7. The van der Waals surface area contributed by atoms with Crippen LogP contribution in [-0.4, -0.2) is 29.9 Å². The molecule has 0 amide bonds. The van der Waals surface area contributed by atoms with Crippen molar-refractivity contribution < 1.29 is 14.1 Å². The highest BCUT2D eigenvalue weighted by molar-refractivity contribution is 6.30. The monoisotopic (exact) mass is 308 g/mol. The van der Waals surface area contributed by atoms with Gasteiger partial charge in [-0.2, -0.15) is 0 Å². The van der Waals surface area contributed by atoms with Crippen molar-refractivity contribution in [3.63, 3.8) is 0 Å². The van der Waals surface area contributed by atoms with E-state index in [9.17, 15) is 4.79 Å². The number of benzene rings is 1. The molecule has 0 radical (unpaired) electrons. The van der Waals surface area contributed by atoms with E-state index in [1.54, 1.807) is 0 Å². The van der Waals surface area contributed by atoms with Crippen molar-refractivity contribution in [3.8, 4) is 0 Å². The third-order valence-electron chi connectivity index (χ3n) is 2.91. The number of esters is 1. The SMILES string of the molecule is CC.CCOC(=O)C1=CCC[N+](Cc2ccc(Cl)cc2)=C1. The van der Waals surface area contributed by atoms with Crippen LogP contribution in [-0.2, 0) is 16.1 Å². The fraction of sp³-hybridized carbons (Fsp3) is 0.412. The predicted molar refractivity (Wildman–Crippen MR) is 87.0 cm³/mol. The quantitative estimate of drug-likeness (QED) is 0.624. The Balaban J connectivity index is 0.00000106. The number of hydrogen-bond donors (Lipinski definition) is 0. The molecule has 1 aromatic carbocycles. The lowest BCUT2D eigenvalue weighted by Crippen LogP contribution is -2.22. The summed E-state index contributed by atoms with van der Waals surface area (Å²) in [5.74, 6) is -0.247. The molecule has 0 unspecified atom stereocenters. The molecule has 0 saturated heterocycles. The molecule has 0 aromatic heterocycles. The first-order valence-electron chi connectivity index (χ1n) is 7.39. The Bertz CT molecular complexity index is 518. The molecule has 0 aliphatic carbocycles. The second kappa shape index (κ2) is 9.35. The molecule has 3 nitrogen and oxygen atoms in total. The third-order valence-corrected chi connectivity index (χ3v) is 3.16. The second-order valence-electron chi connectivity index (χ2n) is 4.39. The summed E-state index contributed by atoms with van der Waals surface area (Å²) in [5.41, 5.74) is 1.81. The maximum Gasteiger partial charge on any atom is 0.343 e. The molecule has 0 saturated carbocycles. The van der Waals surface area contributed by atoms with E-state index >= 15 is 0 Å². The van der Waals surface area contributed by atoms with Gasteiger partial charge in [0.25, 0.3) is 0 Å². The second-order valence-corrected chi connectivity index (χ2v) is 4.83. The van der Waals surface area contributed by atoms with Crippen molar-refractivity contribution in [3.05, 3.63) is 46.5 Å². The van der Waals surface area contributed by atoms with Crippen LogP contribution < -0.4 is 0 Å². The lowest BCUT2D eigenvalue weighted by atomic mass is 10.1. The Morgan fingerprint density at radius 1 is 1.29 bits per heavy atom. The molecular formula is C17H23ClNO2+. The van der Waals surface area contributed by atoms with Gasteiger partial charge in [0.1, 0.15) is 12.1 Å². The van der Waals surface area contributed by atoms with E-state index < -0.39 is 0 Å². The van der Waals surface area contributed by atoms with Gasteiger partial charge in [-0.15, -0.1) is 0 Å². The van der Waals surface area contributed by atoms with Crippen molar-refractivity contribution in [1.82, 2.24) is 0 Å². The summed E-state index contributed by atoms with van der Waals surface area (Å²) in [4.78, 5) is 11.7. The number of carbonyl (C=O) groups is 1. The number of rotatable bonds is 4. The van der Waals surface area contributed by atoms with Crippen LogP contribution in [0.4, 0.5) is 0 Å². The zero-order valence-corrected chi connectivity index (χ0v) is 13.7. The lowest BCUT2D eigenvalue weighted by molar-refractivity contribution is -0.539. The van der Waals surface area contributed by atoms with E-state index in [-0.39, 0.29) is 5.97 Å². The minimum atomic E-state index is -0.247. The van der Waals surface area contributed by atoms with Gasteiger partial charge in [0.2, 0.25) is 0 Å². The summed E-state index contributed by atoms with van der Waals surface area (Å²) in [5, 5.41) is 0.735. The molecule has 1 aliphatic rings. The summed E-state index contributed by atoms with van der Waals surface area (Å²) < 4.78 is 7.13. The van der Waals surface area contributed by atoms with Crippen LogP contribution in [0.5, 0.6) is 0 Å². The van der Waals surface area contributed by atoms with Crippen LogP contribution >= 0.6 is 11.6 Å². The summed E-state index contributed by atoms with van der Waals surface area (Å²) in [6.07, 6.45) is 4.66. The molecule has 114 valence electrons. The molecule has 1 heterocycles. The van der Waals surface area contributed by atoms with E-state index in [4.69, 9.17) is 16.3 Å². The Kier molecular flexibility index (Phi) is 7.76. The number of halogens is 1. The molecule has 0 N–H and O–H groups in total. The average molecular weight is 309 g/mol. The highest BCUT2D eigenvalue weighted by Gasteiger charge is 2.18. The van der Waals surface area contributed by atoms with Gasteiger partial charge in [0.15, 0.2) is 12.8 Å². The van der Waals surface area contributed by atoms with E-state index in [0.717, 1.165) is 24.5 Å². The fourth-order valence-corrected chi connectivity index (χ4v) is 2.13. The van der Waals surface area contributed by atoms with E-state index in [2.05, 4.69) is 4.58 Å².